The summed E-state index contributed by atoms with van der Waals surface area (Å²) in [6.07, 6.45) is 0. The molecule has 15 heavy (non-hydrogen) atoms. The Morgan fingerprint density at radius 2 is 0.933 bits per heavy atom. The van der Waals surface area contributed by atoms with Crippen LogP contribution in [-0.4, -0.2) is 37.7 Å². The molecular formula is C9H24NO4P. The molecule has 0 aromatic heterocycles. The van der Waals surface area contributed by atoms with Crippen molar-refractivity contribution in [2.45, 2.75) is 59.7 Å². The molecule has 0 saturated carbocycles. The van der Waals surface area contributed by atoms with Crippen LogP contribution in [0.2, 0.25) is 0 Å². The first kappa shape index (κ1) is 17.5. The van der Waals surface area contributed by atoms with Crippen LogP contribution >= 0.6 is 7.82 Å². The van der Waals surface area contributed by atoms with Crippen molar-refractivity contribution in [3.8, 4) is 0 Å². The van der Waals surface area contributed by atoms with Gasteiger partial charge in [0.05, 0.1) is 0 Å². The predicted octanol–water partition coefficient (Wildman–Crippen LogP) is 1.59. The van der Waals surface area contributed by atoms with Gasteiger partial charge in [0.25, 0.3) is 0 Å². The van der Waals surface area contributed by atoms with E-state index in [2.05, 4.69) is 46.4 Å². The van der Waals surface area contributed by atoms with E-state index >= 15 is 0 Å². The predicted molar refractivity (Wildman–Crippen MR) is 61.5 cm³/mol. The first-order valence-corrected chi connectivity index (χ1v) is 6.59. The SMILES string of the molecule is CC(C)N(C(C)C)C(C)C.O=P(O)(O)O. The maximum absolute atomic E-state index is 8.88. The Hall–Kier alpha value is 0.0700. The maximum atomic E-state index is 8.88. The van der Waals surface area contributed by atoms with Gasteiger partial charge in [-0.2, -0.15) is 0 Å². The van der Waals surface area contributed by atoms with Gasteiger partial charge >= 0.3 is 7.82 Å². The third-order valence-corrected chi connectivity index (χ3v) is 1.79. The van der Waals surface area contributed by atoms with Gasteiger partial charge in [-0.15, -0.1) is 0 Å². The van der Waals surface area contributed by atoms with Crippen molar-refractivity contribution in [3.63, 3.8) is 0 Å². The van der Waals surface area contributed by atoms with Crippen molar-refractivity contribution in [1.29, 1.82) is 0 Å². The second-order valence-corrected chi connectivity index (χ2v) is 5.27. The van der Waals surface area contributed by atoms with Crippen LogP contribution in [0.5, 0.6) is 0 Å². The highest BCUT2D eigenvalue weighted by atomic mass is 31.2. The highest BCUT2D eigenvalue weighted by molar-refractivity contribution is 7.45. The summed E-state index contributed by atoms with van der Waals surface area (Å²) in [7, 11) is -4.64. The Kier molecular flexibility index (Phi) is 8.57. The zero-order valence-corrected chi connectivity index (χ0v) is 11.3. The molecule has 0 spiro atoms. The van der Waals surface area contributed by atoms with E-state index in [0.29, 0.717) is 18.1 Å². The Balaban J connectivity index is 0. The third-order valence-electron chi connectivity index (χ3n) is 1.79. The van der Waals surface area contributed by atoms with Gasteiger partial charge in [-0.3, -0.25) is 4.90 Å². The molecule has 0 unspecified atom stereocenters. The molecular weight excluding hydrogens is 217 g/mol. The minimum Gasteiger partial charge on any atom is -0.303 e. The molecule has 0 aromatic rings. The first-order valence-electron chi connectivity index (χ1n) is 5.02. The average molecular weight is 241 g/mol. The molecule has 5 nitrogen and oxygen atoms in total. The minimum atomic E-state index is -4.64. The molecule has 0 rings (SSSR count). The Bertz CT molecular complexity index is 173. The number of hydrogen-bond donors (Lipinski definition) is 3. The molecule has 0 aliphatic rings. The van der Waals surface area contributed by atoms with E-state index in [9.17, 15) is 0 Å². The molecule has 0 fully saturated rings. The van der Waals surface area contributed by atoms with Crippen molar-refractivity contribution in [2.24, 2.45) is 0 Å². The van der Waals surface area contributed by atoms with E-state index in [1.165, 1.54) is 0 Å². The Labute approximate surface area is 92.4 Å². The number of nitrogens with zero attached hydrogens (tertiary/aromatic N) is 1. The summed E-state index contributed by atoms with van der Waals surface area (Å²) < 4.78 is 8.88. The van der Waals surface area contributed by atoms with Crippen molar-refractivity contribution >= 4 is 7.82 Å². The van der Waals surface area contributed by atoms with Crippen LogP contribution in [0.25, 0.3) is 0 Å². The largest absolute Gasteiger partial charge is 0.466 e. The van der Waals surface area contributed by atoms with Crippen molar-refractivity contribution in [2.75, 3.05) is 0 Å². The Morgan fingerprint density at radius 1 is 0.800 bits per heavy atom. The van der Waals surface area contributed by atoms with Gasteiger partial charge in [0, 0.05) is 18.1 Å². The van der Waals surface area contributed by atoms with Gasteiger partial charge in [-0.1, -0.05) is 0 Å². The van der Waals surface area contributed by atoms with Gasteiger partial charge in [-0.25, -0.2) is 4.57 Å². The third kappa shape index (κ3) is 14.1. The van der Waals surface area contributed by atoms with E-state index in [-0.39, 0.29) is 0 Å². The van der Waals surface area contributed by atoms with E-state index in [4.69, 9.17) is 19.2 Å². The van der Waals surface area contributed by atoms with E-state index in [1.807, 2.05) is 0 Å². The molecule has 0 saturated heterocycles. The van der Waals surface area contributed by atoms with Gasteiger partial charge in [0.1, 0.15) is 0 Å². The molecule has 0 heterocycles. The van der Waals surface area contributed by atoms with Crippen molar-refractivity contribution in [3.05, 3.63) is 0 Å². The molecule has 0 aliphatic heterocycles. The topological polar surface area (TPSA) is 81.0 Å². The fourth-order valence-electron chi connectivity index (χ4n) is 1.79. The fraction of sp³-hybridized carbons (Fsp3) is 1.00. The second-order valence-electron chi connectivity index (χ2n) is 4.24. The fourth-order valence-corrected chi connectivity index (χ4v) is 1.79. The summed E-state index contributed by atoms with van der Waals surface area (Å²) in [6, 6.07) is 2.00. The molecule has 0 aliphatic carbocycles. The lowest BCUT2D eigenvalue weighted by Crippen LogP contribution is -2.42. The summed E-state index contributed by atoms with van der Waals surface area (Å²) in [4.78, 5) is 24.1. The molecule has 0 amide bonds. The molecule has 94 valence electrons. The van der Waals surface area contributed by atoms with Crippen LogP contribution in [-0.2, 0) is 4.57 Å². The quantitative estimate of drug-likeness (QED) is 0.654. The summed E-state index contributed by atoms with van der Waals surface area (Å²) in [5.41, 5.74) is 0. The first-order chi connectivity index (χ1) is 6.46. The summed E-state index contributed by atoms with van der Waals surface area (Å²) in [6.45, 7) is 13.5. The lowest BCUT2D eigenvalue weighted by atomic mass is 10.2. The van der Waals surface area contributed by atoms with Crippen LogP contribution in [0.15, 0.2) is 0 Å². The summed E-state index contributed by atoms with van der Waals surface area (Å²) in [5, 5.41) is 0. The lowest BCUT2D eigenvalue weighted by Gasteiger charge is -2.34. The lowest BCUT2D eigenvalue weighted by molar-refractivity contribution is 0.133. The summed E-state index contributed by atoms with van der Waals surface area (Å²) >= 11 is 0. The van der Waals surface area contributed by atoms with E-state index in [0.717, 1.165) is 0 Å². The average Bonchev–Trinajstić information content (AvgIpc) is 1.77. The zero-order valence-electron chi connectivity index (χ0n) is 10.4. The second kappa shape index (κ2) is 7.36. The molecule has 6 heteroatoms. The summed E-state index contributed by atoms with van der Waals surface area (Å²) in [5.74, 6) is 0. The van der Waals surface area contributed by atoms with Crippen molar-refractivity contribution < 1.29 is 19.2 Å². The van der Waals surface area contributed by atoms with Crippen LogP contribution in [0.1, 0.15) is 41.5 Å². The standard InChI is InChI=1S/C9H21N.H3O4P/c1-7(2)10(8(3)4)9(5)6;1-5(2,3)4/h7-9H,1-6H3;(H3,1,2,3,4). The van der Waals surface area contributed by atoms with Gasteiger partial charge in [0.15, 0.2) is 0 Å². The number of hydrogen-bond acceptors (Lipinski definition) is 2. The van der Waals surface area contributed by atoms with E-state index in [1.54, 1.807) is 0 Å². The van der Waals surface area contributed by atoms with Gasteiger partial charge in [0.2, 0.25) is 0 Å². The number of phosphoric acid groups is 1. The molecule has 0 aromatic carbocycles. The number of rotatable bonds is 3. The zero-order chi connectivity index (χ0) is 12.8. The highest BCUT2D eigenvalue weighted by Gasteiger charge is 2.15. The normalized spacial score (nSPS) is 12.3. The molecule has 0 atom stereocenters. The molecule has 0 bridgehead atoms. The highest BCUT2D eigenvalue weighted by Crippen LogP contribution is 2.25. The molecule has 3 N–H and O–H groups in total. The van der Waals surface area contributed by atoms with Crippen LogP contribution in [0.4, 0.5) is 0 Å². The van der Waals surface area contributed by atoms with Crippen LogP contribution < -0.4 is 0 Å². The van der Waals surface area contributed by atoms with E-state index < -0.39 is 7.82 Å². The molecule has 0 radical (unpaired) electrons. The maximum Gasteiger partial charge on any atom is 0.466 e. The smallest absolute Gasteiger partial charge is 0.303 e. The van der Waals surface area contributed by atoms with Crippen LogP contribution in [0, 0.1) is 0 Å². The monoisotopic (exact) mass is 241 g/mol. The minimum absolute atomic E-state index is 0.667. The van der Waals surface area contributed by atoms with Gasteiger partial charge in [-0.05, 0) is 41.5 Å². The Morgan fingerprint density at radius 3 is 0.933 bits per heavy atom. The van der Waals surface area contributed by atoms with Crippen LogP contribution in [0.3, 0.4) is 0 Å². The van der Waals surface area contributed by atoms with Crippen molar-refractivity contribution in [1.82, 2.24) is 4.90 Å². The van der Waals surface area contributed by atoms with Gasteiger partial charge < -0.3 is 14.7 Å².